The summed E-state index contributed by atoms with van der Waals surface area (Å²) in [5.41, 5.74) is 4.16. The lowest BCUT2D eigenvalue weighted by Gasteiger charge is -2.34. The maximum atomic E-state index is 11.2. The molecule has 0 aromatic heterocycles. The van der Waals surface area contributed by atoms with Crippen LogP contribution < -0.4 is 0 Å². The minimum Gasteiger partial charge on any atom is -0.507 e. The van der Waals surface area contributed by atoms with Gasteiger partial charge in [-0.15, -0.1) is 0 Å². The molecule has 0 aliphatic heterocycles. The minimum absolute atomic E-state index is 0.109. The molecule has 204 valence electrons. The van der Waals surface area contributed by atoms with Crippen LogP contribution in [0.25, 0.3) is 0 Å². The number of aromatic hydroxyl groups is 1. The Morgan fingerprint density at radius 1 is 0.686 bits per heavy atom. The summed E-state index contributed by atoms with van der Waals surface area (Å²) >= 11 is 0. The van der Waals surface area contributed by atoms with Gasteiger partial charge in [0.1, 0.15) is 5.75 Å². The molecule has 1 aromatic carbocycles. The quantitative estimate of drug-likeness (QED) is 0.193. The number of unbranched alkanes of at least 4 members (excludes halogenated alkanes) is 12. The number of hydrogen-bond donors (Lipinski definition) is 1. The predicted molar refractivity (Wildman–Crippen MR) is 158 cm³/mol. The van der Waals surface area contributed by atoms with Crippen molar-refractivity contribution in [3.05, 3.63) is 28.8 Å². The van der Waals surface area contributed by atoms with Gasteiger partial charge in [-0.2, -0.15) is 0 Å². The fourth-order valence-electron chi connectivity index (χ4n) is 5.92. The van der Waals surface area contributed by atoms with E-state index in [1.54, 1.807) is 0 Å². The third-order valence-corrected chi connectivity index (χ3v) is 7.79. The van der Waals surface area contributed by atoms with Crippen molar-refractivity contribution < 1.29 is 5.11 Å². The Labute approximate surface area is 220 Å². The van der Waals surface area contributed by atoms with Crippen LogP contribution in [0.15, 0.2) is 12.1 Å². The van der Waals surface area contributed by atoms with E-state index in [2.05, 4.69) is 67.5 Å². The fraction of sp³-hybridized carbons (Fsp3) is 0.824. The Bertz CT molecular complexity index is 679. The van der Waals surface area contributed by atoms with E-state index in [0.29, 0.717) is 11.7 Å². The molecular weight excluding hydrogens is 424 g/mol. The van der Waals surface area contributed by atoms with Gasteiger partial charge in [0.25, 0.3) is 0 Å². The van der Waals surface area contributed by atoms with E-state index < -0.39 is 0 Å². The first kappa shape index (κ1) is 32.0. The van der Waals surface area contributed by atoms with Gasteiger partial charge >= 0.3 is 0 Å². The number of phenolic OH excluding ortho intramolecular Hbond substituents is 1. The van der Waals surface area contributed by atoms with Gasteiger partial charge in [-0.3, -0.25) is 0 Å². The van der Waals surface area contributed by atoms with Crippen molar-refractivity contribution in [3.8, 4) is 5.75 Å². The van der Waals surface area contributed by atoms with Gasteiger partial charge in [0.2, 0.25) is 0 Å². The predicted octanol–water partition coefficient (Wildman–Crippen LogP) is 11.6. The summed E-state index contributed by atoms with van der Waals surface area (Å²) in [4.78, 5) is 0. The van der Waals surface area contributed by atoms with Crippen LogP contribution in [0.5, 0.6) is 5.75 Å². The van der Waals surface area contributed by atoms with Crippen LogP contribution in [0.1, 0.15) is 181 Å². The van der Waals surface area contributed by atoms with E-state index in [4.69, 9.17) is 0 Å². The third-order valence-electron chi connectivity index (χ3n) is 7.79. The fourth-order valence-corrected chi connectivity index (χ4v) is 5.92. The Balaban J connectivity index is 2.61. The molecular formula is C34H62O. The zero-order chi connectivity index (χ0) is 26.3. The smallest absolute Gasteiger partial charge is 0.122 e. The molecule has 0 radical (unpaired) electrons. The molecule has 0 bridgehead atoms. The van der Waals surface area contributed by atoms with Crippen LogP contribution in [0.2, 0.25) is 0 Å². The summed E-state index contributed by atoms with van der Waals surface area (Å²) in [6.45, 7) is 18.6. The third kappa shape index (κ3) is 13.2. The second-order valence-electron chi connectivity index (χ2n) is 13.4. The number of rotatable bonds is 19. The van der Waals surface area contributed by atoms with E-state index in [1.165, 1.54) is 107 Å². The topological polar surface area (TPSA) is 20.2 Å². The lowest BCUT2D eigenvalue weighted by Crippen LogP contribution is -2.25. The van der Waals surface area contributed by atoms with Crippen LogP contribution in [0.4, 0.5) is 0 Å². The zero-order valence-corrected chi connectivity index (χ0v) is 25.2. The van der Waals surface area contributed by atoms with Gasteiger partial charge in [-0.05, 0) is 59.1 Å². The molecule has 1 N–H and O–H groups in total. The highest BCUT2D eigenvalue weighted by atomic mass is 16.3. The maximum absolute atomic E-state index is 11.2. The number of hydrogen-bond acceptors (Lipinski definition) is 1. The molecule has 0 saturated carbocycles. The Kier molecular flexibility index (Phi) is 15.3. The summed E-state index contributed by atoms with van der Waals surface area (Å²) < 4.78 is 0. The minimum atomic E-state index is 0.109. The lowest BCUT2D eigenvalue weighted by atomic mass is 9.71. The summed E-state index contributed by atoms with van der Waals surface area (Å²) in [5.74, 6) is 1.00. The Morgan fingerprint density at radius 2 is 1.17 bits per heavy atom. The molecule has 1 rings (SSSR count). The summed E-state index contributed by atoms with van der Waals surface area (Å²) in [6, 6.07) is 4.67. The average Bonchev–Trinajstić information content (AvgIpc) is 2.77. The van der Waals surface area contributed by atoms with Crippen molar-refractivity contribution in [2.75, 3.05) is 0 Å². The van der Waals surface area contributed by atoms with Crippen LogP contribution in [-0.2, 0) is 11.8 Å². The molecule has 1 unspecified atom stereocenters. The maximum Gasteiger partial charge on any atom is 0.122 e. The number of benzene rings is 1. The van der Waals surface area contributed by atoms with Gasteiger partial charge in [0.05, 0.1) is 0 Å². The molecule has 1 heteroatoms. The highest BCUT2D eigenvalue weighted by Crippen LogP contribution is 2.41. The van der Waals surface area contributed by atoms with Crippen molar-refractivity contribution in [1.82, 2.24) is 0 Å². The summed E-state index contributed by atoms with van der Waals surface area (Å²) in [6.07, 6.45) is 22.3. The molecule has 0 amide bonds. The van der Waals surface area contributed by atoms with E-state index >= 15 is 0 Å². The molecule has 0 aliphatic carbocycles. The van der Waals surface area contributed by atoms with E-state index in [9.17, 15) is 5.11 Å². The molecule has 35 heavy (non-hydrogen) atoms. The van der Waals surface area contributed by atoms with E-state index in [0.717, 1.165) is 19.3 Å². The van der Waals surface area contributed by atoms with Gasteiger partial charge < -0.3 is 5.11 Å². The van der Waals surface area contributed by atoms with Crippen LogP contribution in [-0.4, -0.2) is 5.11 Å². The van der Waals surface area contributed by atoms with Gasteiger partial charge in [0, 0.05) is 0 Å². The first-order chi connectivity index (χ1) is 16.5. The largest absolute Gasteiger partial charge is 0.507 e. The van der Waals surface area contributed by atoms with Crippen molar-refractivity contribution >= 4 is 0 Å². The van der Waals surface area contributed by atoms with E-state index in [1.807, 2.05) is 0 Å². The molecule has 1 aromatic rings. The van der Waals surface area contributed by atoms with E-state index in [-0.39, 0.29) is 10.8 Å². The monoisotopic (exact) mass is 486 g/mol. The molecule has 1 nitrogen and oxygen atoms in total. The van der Waals surface area contributed by atoms with Gasteiger partial charge in [-0.1, -0.05) is 151 Å². The molecule has 0 saturated heterocycles. The van der Waals surface area contributed by atoms with Gasteiger partial charge in [0.15, 0.2) is 0 Å². The van der Waals surface area contributed by atoms with Crippen LogP contribution >= 0.6 is 0 Å². The lowest BCUT2D eigenvalue weighted by molar-refractivity contribution is 0.283. The highest BCUT2D eigenvalue weighted by molar-refractivity contribution is 5.47. The van der Waals surface area contributed by atoms with Crippen molar-refractivity contribution in [3.63, 3.8) is 0 Å². The Morgan fingerprint density at radius 3 is 1.66 bits per heavy atom. The normalized spacial score (nSPS) is 13.4. The molecule has 1 atom stereocenters. The second-order valence-corrected chi connectivity index (χ2v) is 13.4. The van der Waals surface area contributed by atoms with Crippen molar-refractivity contribution in [2.45, 2.75) is 176 Å². The first-order valence-electron chi connectivity index (χ1n) is 15.4. The number of aryl methyl sites for hydroxylation is 1. The SMILES string of the molecule is CCCCCCCCCCCCCCC(C)c1cc(C(C)(C)CC(C)(C)C)cc(CCCC)c1O. The van der Waals surface area contributed by atoms with Crippen molar-refractivity contribution in [2.24, 2.45) is 5.41 Å². The molecule has 0 aliphatic rings. The molecule has 0 fully saturated rings. The number of phenols is 1. The van der Waals surface area contributed by atoms with Crippen LogP contribution in [0, 0.1) is 5.41 Å². The summed E-state index contributed by atoms with van der Waals surface area (Å²) in [5, 5.41) is 11.2. The highest BCUT2D eigenvalue weighted by Gasteiger charge is 2.29. The average molecular weight is 487 g/mol. The standard InChI is InChI=1S/C34H62O/c1-9-11-13-14-15-16-17-18-19-20-21-22-23-28(3)31-26-30(34(7,8)27-33(4,5)6)25-29(32(31)35)24-12-10-2/h25-26,28,35H,9-24,27H2,1-8H3. The molecule has 0 spiro atoms. The van der Waals surface area contributed by atoms with Crippen LogP contribution in [0.3, 0.4) is 0 Å². The van der Waals surface area contributed by atoms with Crippen molar-refractivity contribution in [1.29, 1.82) is 0 Å². The van der Waals surface area contributed by atoms with Gasteiger partial charge in [-0.25, -0.2) is 0 Å². The zero-order valence-electron chi connectivity index (χ0n) is 25.2. The molecule has 0 heterocycles. The first-order valence-corrected chi connectivity index (χ1v) is 15.4. The Hall–Kier alpha value is -0.980. The second kappa shape index (κ2) is 16.7. The summed E-state index contributed by atoms with van der Waals surface area (Å²) in [7, 11) is 0.